The average molecular weight is 237 g/mol. The monoisotopic (exact) mass is 237 g/mol. The van der Waals surface area contributed by atoms with Gasteiger partial charge >= 0.3 is 6.09 Å². The molecule has 0 radical (unpaired) electrons. The second-order valence-electron chi connectivity index (χ2n) is 3.95. The van der Waals surface area contributed by atoms with E-state index in [2.05, 4.69) is 10.6 Å². The predicted molar refractivity (Wildman–Crippen MR) is 69.9 cm³/mol. The second-order valence-corrected chi connectivity index (χ2v) is 3.95. The number of nitrogens with zero attached hydrogens (tertiary/aromatic N) is 1. The van der Waals surface area contributed by atoms with E-state index in [4.69, 9.17) is 5.11 Å². The fraction of sp³-hybridized carbons (Fsp3) is 0.417. The van der Waals surface area contributed by atoms with E-state index in [0.717, 1.165) is 24.3 Å². The van der Waals surface area contributed by atoms with Gasteiger partial charge < -0.3 is 20.6 Å². The molecular weight excluding hydrogens is 218 g/mol. The molecule has 5 nitrogen and oxygen atoms in total. The van der Waals surface area contributed by atoms with Crippen molar-refractivity contribution in [2.75, 3.05) is 37.4 Å². The van der Waals surface area contributed by atoms with Gasteiger partial charge in [-0.2, -0.15) is 0 Å². The number of carbonyl (C=O) groups is 1. The molecule has 0 aliphatic heterocycles. The quantitative estimate of drug-likeness (QED) is 0.660. The number of carboxylic acid groups (broad SMARTS) is 1. The third-order valence-electron chi connectivity index (χ3n) is 2.34. The van der Waals surface area contributed by atoms with Gasteiger partial charge in [-0.15, -0.1) is 0 Å². The van der Waals surface area contributed by atoms with Crippen LogP contribution in [-0.2, 0) is 0 Å². The lowest BCUT2D eigenvalue weighted by atomic mass is 10.2. The molecule has 0 spiro atoms. The van der Waals surface area contributed by atoms with Crippen LogP contribution in [0.4, 0.5) is 16.2 Å². The van der Waals surface area contributed by atoms with Crippen LogP contribution in [-0.4, -0.2) is 38.4 Å². The van der Waals surface area contributed by atoms with Crippen molar-refractivity contribution in [2.45, 2.75) is 6.42 Å². The summed E-state index contributed by atoms with van der Waals surface area (Å²) in [5, 5.41) is 13.9. The van der Waals surface area contributed by atoms with Gasteiger partial charge in [0.1, 0.15) is 0 Å². The third-order valence-corrected chi connectivity index (χ3v) is 2.34. The summed E-state index contributed by atoms with van der Waals surface area (Å²) < 4.78 is 0. The zero-order valence-corrected chi connectivity index (χ0v) is 10.2. The molecule has 0 fully saturated rings. The first-order chi connectivity index (χ1) is 8.09. The van der Waals surface area contributed by atoms with Crippen LogP contribution in [0.5, 0.6) is 0 Å². The summed E-state index contributed by atoms with van der Waals surface area (Å²) in [6.07, 6.45) is -0.206. The number of benzene rings is 1. The molecule has 1 rings (SSSR count). The van der Waals surface area contributed by atoms with Gasteiger partial charge in [0.2, 0.25) is 0 Å². The normalized spacial score (nSPS) is 9.76. The Kier molecular flexibility index (Phi) is 5.13. The van der Waals surface area contributed by atoms with E-state index in [0.29, 0.717) is 6.54 Å². The lowest BCUT2D eigenvalue weighted by Gasteiger charge is -2.13. The maximum absolute atomic E-state index is 10.2. The van der Waals surface area contributed by atoms with Gasteiger partial charge in [0, 0.05) is 38.6 Å². The molecule has 3 N–H and O–H groups in total. The molecule has 1 aromatic carbocycles. The summed E-state index contributed by atoms with van der Waals surface area (Å²) in [6.45, 7) is 1.22. The minimum Gasteiger partial charge on any atom is -0.465 e. The van der Waals surface area contributed by atoms with Gasteiger partial charge in [-0.25, -0.2) is 4.79 Å². The van der Waals surface area contributed by atoms with Crippen LogP contribution in [0.1, 0.15) is 6.42 Å². The van der Waals surface area contributed by atoms with E-state index < -0.39 is 6.09 Å². The minimum absolute atomic E-state index is 0.470. The Morgan fingerprint density at radius 2 is 1.88 bits per heavy atom. The molecule has 0 unspecified atom stereocenters. The van der Waals surface area contributed by atoms with E-state index in [-0.39, 0.29) is 0 Å². The molecule has 0 heterocycles. The van der Waals surface area contributed by atoms with Crippen molar-refractivity contribution in [1.29, 1.82) is 0 Å². The van der Waals surface area contributed by atoms with Gasteiger partial charge in [0.15, 0.2) is 0 Å². The van der Waals surface area contributed by atoms with Crippen LogP contribution in [0, 0.1) is 0 Å². The molecule has 0 saturated heterocycles. The standard InChI is InChI=1S/C12H19N3O2/c1-15(2)11-6-4-10(5-7-11)13-8-3-9-14-12(16)17/h4-7,13-14H,3,8-9H2,1-2H3,(H,16,17). The van der Waals surface area contributed by atoms with Crippen molar-refractivity contribution in [3.63, 3.8) is 0 Å². The third kappa shape index (κ3) is 5.10. The zero-order chi connectivity index (χ0) is 12.7. The summed E-state index contributed by atoms with van der Waals surface area (Å²) in [5.41, 5.74) is 2.20. The van der Waals surface area contributed by atoms with E-state index in [1.807, 2.05) is 43.3 Å². The number of hydrogen-bond acceptors (Lipinski definition) is 3. The maximum Gasteiger partial charge on any atom is 0.404 e. The highest BCUT2D eigenvalue weighted by atomic mass is 16.4. The van der Waals surface area contributed by atoms with Gasteiger partial charge in [0.05, 0.1) is 0 Å². The molecule has 17 heavy (non-hydrogen) atoms. The summed E-state index contributed by atoms with van der Waals surface area (Å²) >= 11 is 0. The Balaban J connectivity index is 2.25. The Labute approximate surface area is 101 Å². The molecule has 0 aromatic heterocycles. The van der Waals surface area contributed by atoms with Gasteiger partial charge in [-0.1, -0.05) is 0 Å². The van der Waals surface area contributed by atoms with E-state index >= 15 is 0 Å². The van der Waals surface area contributed by atoms with Crippen molar-refractivity contribution < 1.29 is 9.90 Å². The van der Waals surface area contributed by atoms with Crippen molar-refractivity contribution in [3.8, 4) is 0 Å². The topological polar surface area (TPSA) is 64.6 Å². The molecule has 0 bridgehead atoms. The van der Waals surface area contributed by atoms with E-state index in [1.165, 1.54) is 0 Å². The molecule has 0 aliphatic rings. The molecular formula is C12H19N3O2. The summed E-state index contributed by atoms with van der Waals surface area (Å²) in [7, 11) is 4.00. The number of rotatable bonds is 6. The molecule has 0 aliphatic carbocycles. The maximum atomic E-state index is 10.2. The first kappa shape index (κ1) is 13.2. The molecule has 0 saturated carbocycles. The Bertz CT molecular complexity index is 349. The molecule has 5 heteroatoms. The zero-order valence-electron chi connectivity index (χ0n) is 10.2. The van der Waals surface area contributed by atoms with E-state index in [1.54, 1.807) is 0 Å². The van der Waals surface area contributed by atoms with Crippen LogP contribution >= 0.6 is 0 Å². The average Bonchev–Trinajstić information content (AvgIpc) is 2.29. The lowest BCUT2D eigenvalue weighted by molar-refractivity contribution is 0.194. The van der Waals surface area contributed by atoms with Crippen molar-refractivity contribution in [3.05, 3.63) is 24.3 Å². The number of amides is 1. The first-order valence-electron chi connectivity index (χ1n) is 5.57. The predicted octanol–water partition coefficient (Wildman–Crippen LogP) is 1.82. The summed E-state index contributed by atoms with van der Waals surface area (Å²) in [4.78, 5) is 12.2. The Hall–Kier alpha value is -1.91. The SMILES string of the molecule is CN(C)c1ccc(NCCCNC(=O)O)cc1. The largest absolute Gasteiger partial charge is 0.465 e. The molecule has 94 valence electrons. The second kappa shape index (κ2) is 6.62. The highest BCUT2D eigenvalue weighted by molar-refractivity contribution is 5.64. The van der Waals surface area contributed by atoms with E-state index in [9.17, 15) is 4.79 Å². The van der Waals surface area contributed by atoms with Crippen LogP contribution in [0.2, 0.25) is 0 Å². The molecule has 1 aromatic rings. The number of anilines is 2. The Morgan fingerprint density at radius 3 is 2.41 bits per heavy atom. The van der Waals surface area contributed by atoms with Crippen molar-refractivity contribution in [2.24, 2.45) is 0 Å². The van der Waals surface area contributed by atoms with Crippen molar-refractivity contribution in [1.82, 2.24) is 5.32 Å². The summed E-state index contributed by atoms with van der Waals surface area (Å²) in [6, 6.07) is 8.11. The smallest absolute Gasteiger partial charge is 0.404 e. The van der Waals surface area contributed by atoms with Crippen LogP contribution < -0.4 is 15.5 Å². The summed E-state index contributed by atoms with van der Waals surface area (Å²) in [5.74, 6) is 0. The number of nitrogens with one attached hydrogen (secondary N) is 2. The fourth-order valence-corrected chi connectivity index (χ4v) is 1.39. The minimum atomic E-state index is -0.972. The molecule has 1 amide bonds. The first-order valence-corrected chi connectivity index (χ1v) is 5.57. The molecule has 0 atom stereocenters. The Morgan fingerprint density at radius 1 is 1.24 bits per heavy atom. The number of hydrogen-bond donors (Lipinski definition) is 3. The van der Waals surface area contributed by atoms with Gasteiger partial charge in [0.25, 0.3) is 0 Å². The lowest BCUT2D eigenvalue weighted by Crippen LogP contribution is -2.23. The highest BCUT2D eigenvalue weighted by Crippen LogP contribution is 2.15. The fourth-order valence-electron chi connectivity index (χ4n) is 1.39. The highest BCUT2D eigenvalue weighted by Gasteiger charge is 1.96. The van der Waals surface area contributed by atoms with Gasteiger partial charge in [-0.3, -0.25) is 0 Å². The van der Waals surface area contributed by atoms with Crippen LogP contribution in [0.15, 0.2) is 24.3 Å². The van der Waals surface area contributed by atoms with Crippen molar-refractivity contribution >= 4 is 17.5 Å². The van der Waals surface area contributed by atoms with Crippen LogP contribution in [0.25, 0.3) is 0 Å². The van der Waals surface area contributed by atoms with Crippen LogP contribution in [0.3, 0.4) is 0 Å². The van der Waals surface area contributed by atoms with Gasteiger partial charge in [-0.05, 0) is 30.7 Å².